The van der Waals surface area contributed by atoms with Crippen LogP contribution in [0, 0.1) is 17.0 Å². The maximum absolute atomic E-state index is 11.6. The summed E-state index contributed by atoms with van der Waals surface area (Å²) in [4.78, 5) is 33.1. The van der Waals surface area contributed by atoms with Gasteiger partial charge >= 0.3 is 5.97 Å². The summed E-state index contributed by atoms with van der Waals surface area (Å²) in [5.74, 6) is -0.893. The number of carboxylic acids is 1. The van der Waals surface area contributed by atoms with Gasteiger partial charge in [-0.1, -0.05) is 17.8 Å². The predicted octanol–water partition coefficient (Wildman–Crippen LogP) is 2.56. The molecule has 1 unspecified atom stereocenters. The van der Waals surface area contributed by atoms with Gasteiger partial charge < -0.3 is 14.8 Å². The third-order valence-electron chi connectivity index (χ3n) is 3.71. The Kier molecular flexibility index (Phi) is 5.54. The van der Waals surface area contributed by atoms with Crippen molar-refractivity contribution < 1.29 is 24.0 Å². The summed E-state index contributed by atoms with van der Waals surface area (Å²) in [6.07, 6.45) is 0.976. The summed E-state index contributed by atoms with van der Waals surface area (Å²) in [6.45, 7) is 1.76. The molecule has 1 amide bonds. The Labute approximate surface area is 162 Å². The molecule has 0 spiro atoms. The van der Waals surface area contributed by atoms with E-state index in [0.717, 1.165) is 17.3 Å². The molecule has 3 rings (SSSR count). The van der Waals surface area contributed by atoms with Crippen molar-refractivity contribution in [3.63, 3.8) is 0 Å². The lowest BCUT2D eigenvalue weighted by Crippen LogP contribution is -2.26. The normalized spacial score (nSPS) is 18.0. The number of nitrogens with one attached hydrogen (secondary N) is 1. The first-order chi connectivity index (χ1) is 13.3. The Balaban J connectivity index is 1.73. The third-order valence-corrected chi connectivity index (χ3v) is 4.78. The third kappa shape index (κ3) is 4.43. The van der Waals surface area contributed by atoms with Crippen molar-refractivity contribution in [1.29, 1.82) is 0 Å². The van der Waals surface area contributed by atoms with Gasteiger partial charge in [0, 0.05) is 6.07 Å². The number of rotatable bonds is 6. The van der Waals surface area contributed by atoms with Crippen LogP contribution in [-0.4, -0.2) is 38.5 Å². The molecule has 1 aliphatic rings. The molecular weight excluding hydrogens is 388 g/mol. The number of nitrogens with zero attached hydrogens (tertiary/aromatic N) is 3. The fourth-order valence-corrected chi connectivity index (χ4v) is 3.37. The summed E-state index contributed by atoms with van der Waals surface area (Å²) in [6, 6.07) is 7.99. The maximum Gasteiger partial charge on any atom is 0.305 e. The Morgan fingerprint density at radius 2 is 2.21 bits per heavy atom. The molecule has 1 saturated heterocycles. The lowest BCUT2D eigenvalue weighted by atomic mass is 10.1. The second-order valence-corrected chi connectivity index (χ2v) is 7.01. The van der Waals surface area contributed by atoms with Gasteiger partial charge in [0.15, 0.2) is 5.17 Å². The number of hydrogen-bond acceptors (Lipinski definition) is 8. The van der Waals surface area contributed by atoms with Crippen molar-refractivity contribution in [2.75, 3.05) is 0 Å². The standard InChI is InChI=1S/C17H14N4O6S/c1-9-2-4-11(12(6-9)21(25)26)13-5-3-10(27-13)8-18-20-17-19-16(24)14(28-17)7-15(22)23/h2-6,8,14H,7H2,1H3,(H,22,23)(H,19,20,24). The number of hydrogen-bond donors (Lipinski definition) is 2. The second-order valence-electron chi connectivity index (χ2n) is 5.82. The fourth-order valence-electron chi connectivity index (χ4n) is 2.45. The number of aliphatic carboxylic acids is 1. The van der Waals surface area contributed by atoms with E-state index in [-0.39, 0.29) is 17.3 Å². The van der Waals surface area contributed by atoms with Crippen LogP contribution in [0.3, 0.4) is 0 Å². The molecule has 1 fully saturated rings. The highest BCUT2D eigenvalue weighted by molar-refractivity contribution is 8.15. The topological polar surface area (TPSA) is 147 Å². The number of carboxylic acid groups (broad SMARTS) is 1. The first kappa shape index (κ1) is 19.3. The molecule has 0 saturated carbocycles. The highest BCUT2D eigenvalue weighted by atomic mass is 32.2. The molecular formula is C17H14N4O6S. The van der Waals surface area contributed by atoms with E-state index in [2.05, 4.69) is 15.5 Å². The average molecular weight is 402 g/mol. The zero-order chi connectivity index (χ0) is 20.3. The van der Waals surface area contributed by atoms with Gasteiger partial charge in [-0.3, -0.25) is 19.7 Å². The van der Waals surface area contributed by atoms with Crippen molar-refractivity contribution in [2.24, 2.45) is 10.2 Å². The van der Waals surface area contributed by atoms with E-state index in [1.165, 1.54) is 12.3 Å². The fraction of sp³-hybridized carbons (Fsp3) is 0.176. The van der Waals surface area contributed by atoms with Crippen LogP contribution in [0.25, 0.3) is 11.3 Å². The molecule has 28 heavy (non-hydrogen) atoms. The molecule has 10 nitrogen and oxygen atoms in total. The van der Waals surface area contributed by atoms with E-state index in [0.29, 0.717) is 17.1 Å². The zero-order valence-electron chi connectivity index (χ0n) is 14.5. The highest BCUT2D eigenvalue weighted by Gasteiger charge is 2.32. The first-order valence-corrected chi connectivity index (χ1v) is 8.87. The minimum Gasteiger partial charge on any atom is -0.481 e. The summed E-state index contributed by atoms with van der Waals surface area (Å²) in [5.41, 5.74) is 1.04. The SMILES string of the molecule is Cc1ccc(-c2ccc(C=N/N=C3\NC(=O)C(CC(=O)O)S3)o2)c([N+](=O)[O-])c1. The molecule has 0 aliphatic carbocycles. The number of aryl methyl sites for hydroxylation is 1. The molecule has 2 N–H and O–H groups in total. The Morgan fingerprint density at radius 3 is 2.93 bits per heavy atom. The van der Waals surface area contributed by atoms with Gasteiger partial charge in [0.2, 0.25) is 5.91 Å². The highest BCUT2D eigenvalue weighted by Crippen LogP contribution is 2.31. The first-order valence-electron chi connectivity index (χ1n) is 7.99. The lowest BCUT2D eigenvalue weighted by Gasteiger charge is -2.00. The van der Waals surface area contributed by atoms with Gasteiger partial charge in [-0.2, -0.15) is 5.10 Å². The van der Waals surface area contributed by atoms with Gasteiger partial charge in [0.1, 0.15) is 16.8 Å². The molecule has 0 bridgehead atoms. The van der Waals surface area contributed by atoms with Gasteiger partial charge in [0.05, 0.1) is 23.1 Å². The second kappa shape index (κ2) is 8.05. The van der Waals surface area contributed by atoms with E-state index < -0.39 is 22.0 Å². The molecule has 144 valence electrons. The molecule has 11 heteroatoms. The minimum absolute atomic E-state index is 0.0624. The van der Waals surface area contributed by atoms with Crippen molar-refractivity contribution in [2.45, 2.75) is 18.6 Å². The molecule has 2 heterocycles. The van der Waals surface area contributed by atoms with Gasteiger partial charge in [-0.15, -0.1) is 5.10 Å². The van der Waals surface area contributed by atoms with Gasteiger partial charge in [0.25, 0.3) is 5.69 Å². The summed E-state index contributed by atoms with van der Waals surface area (Å²) < 4.78 is 5.57. The number of nitro groups is 1. The molecule has 2 aromatic rings. The Morgan fingerprint density at radius 1 is 1.43 bits per heavy atom. The summed E-state index contributed by atoms with van der Waals surface area (Å²) in [7, 11) is 0. The van der Waals surface area contributed by atoms with Crippen LogP contribution in [-0.2, 0) is 9.59 Å². The van der Waals surface area contributed by atoms with Crippen LogP contribution in [0.4, 0.5) is 5.69 Å². The van der Waals surface area contributed by atoms with Crippen LogP contribution < -0.4 is 5.32 Å². The number of benzene rings is 1. The number of thioether (sulfide) groups is 1. The number of amidine groups is 1. The van der Waals surface area contributed by atoms with Crippen LogP contribution in [0.2, 0.25) is 0 Å². The summed E-state index contributed by atoms with van der Waals surface area (Å²) >= 11 is 0.980. The molecule has 1 aliphatic heterocycles. The van der Waals surface area contributed by atoms with Crippen LogP contribution in [0.5, 0.6) is 0 Å². The number of nitro benzene ring substituents is 1. The number of carbonyl (C=O) groups is 2. The van der Waals surface area contributed by atoms with E-state index in [9.17, 15) is 19.7 Å². The largest absolute Gasteiger partial charge is 0.481 e. The monoisotopic (exact) mass is 402 g/mol. The van der Waals surface area contributed by atoms with Gasteiger partial charge in [-0.25, -0.2) is 0 Å². The smallest absolute Gasteiger partial charge is 0.305 e. The Hall–Kier alpha value is -3.47. The summed E-state index contributed by atoms with van der Waals surface area (Å²) in [5, 5.41) is 29.5. The zero-order valence-corrected chi connectivity index (χ0v) is 15.3. The molecule has 1 aromatic heterocycles. The predicted molar refractivity (Wildman–Crippen MR) is 102 cm³/mol. The average Bonchev–Trinajstić information content (AvgIpc) is 3.21. The lowest BCUT2D eigenvalue weighted by molar-refractivity contribution is -0.384. The van der Waals surface area contributed by atoms with Crippen LogP contribution in [0.15, 0.2) is 45.0 Å². The number of carbonyl (C=O) groups excluding carboxylic acids is 1. The number of furan rings is 1. The van der Waals surface area contributed by atoms with Crippen LogP contribution >= 0.6 is 11.8 Å². The molecule has 1 aromatic carbocycles. The molecule has 1 atom stereocenters. The van der Waals surface area contributed by atoms with Crippen molar-refractivity contribution in [3.8, 4) is 11.3 Å². The van der Waals surface area contributed by atoms with Crippen molar-refractivity contribution >= 4 is 40.7 Å². The maximum atomic E-state index is 11.6. The number of amides is 1. The van der Waals surface area contributed by atoms with Crippen molar-refractivity contribution in [3.05, 3.63) is 51.8 Å². The van der Waals surface area contributed by atoms with Crippen molar-refractivity contribution in [1.82, 2.24) is 5.32 Å². The van der Waals surface area contributed by atoms with Crippen LogP contribution in [0.1, 0.15) is 17.7 Å². The molecule has 0 radical (unpaired) electrons. The quantitative estimate of drug-likeness (QED) is 0.428. The van der Waals surface area contributed by atoms with E-state index in [1.807, 2.05) is 0 Å². The van der Waals surface area contributed by atoms with Gasteiger partial charge in [-0.05, 0) is 30.7 Å². The minimum atomic E-state index is -1.08. The van der Waals surface area contributed by atoms with E-state index in [1.54, 1.807) is 31.2 Å². The van der Waals surface area contributed by atoms with E-state index in [4.69, 9.17) is 9.52 Å². The Bertz CT molecular complexity index is 1010. The van der Waals surface area contributed by atoms with E-state index >= 15 is 0 Å².